The van der Waals surface area contributed by atoms with Crippen LogP contribution in [-0.2, 0) is 9.53 Å². The van der Waals surface area contributed by atoms with Crippen LogP contribution < -0.4 is 4.90 Å². The van der Waals surface area contributed by atoms with Gasteiger partial charge in [0, 0.05) is 24.2 Å². The minimum absolute atomic E-state index is 0.114. The van der Waals surface area contributed by atoms with Crippen molar-refractivity contribution in [1.82, 2.24) is 9.97 Å². The number of imidazole rings is 1. The number of hydrogen-bond acceptors (Lipinski definition) is 4. The van der Waals surface area contributed by atoms with Gasteiger partial charge in [-0.1, -0.05) is 18.2 Å². The van der Waals surface area contributed by atoms with Crippen LogP contribution in [-0.4, -0.2) is 35.0 Å². The summed E-state index contributed by atoms with van der Waals surface area (Å²) in [7, 11) is 0. The van der Waals surface area contributed by atoms with E-state index in [1.165, 1.54) is 0 Å². The van der Waals surface area contributed by atoms with Gasteiger partial charge in [0.25, 0.3) is 5.91 Å². The zero-order valence-corrected chi connectivity index (χ0v) is 14.6. The molecule has 0 fully saturated rings. The second kappa shape index (κ2) is 8.29. The van der Waals surface area contributed by atoms with E-state index in [0.717, 1.165) is 16.7 Å². The number of fused-ring (bicyclic) bond motifs is 1. The number of carbonyl (C=O) groups is 2. The normalized spacial score (nSPS) is 10.7. The number of hydrogen-bond donors (Lipinski definition) is 1. The number of aromatic amines is 1. The average Bonchev–Trinajstić information content (AvgIpc) is 3.13. The number of rotatable bonds is 7. The number of aromatic nitrogens is 2. The van der Waals surface area contributed by atoms with E-state index in [4.69, 9.17) is 4.74 Å². The topological polar surface area (TPSA) is 75.3 Å². The van der Waals surface area contributed by atoms with Crippen molar-refractivity contribution < 1.29 is 14.3 Å². The summed E-state index contributed by atoms with van der Waals surface area (Å²) >= 11 is 0. The maximum Gasteiger partial charge on any atom is 0.305 e. The molecule has 0 aliphatic heterocycles. The number of nitrogens with zero attached hydrogens (tertiary/aromatic N) is 2. The smallest absolute Gasteiger partial charge is 0.305 e. The Labute approximate surface area is 151 Å². The maximum absolute atomic E-state index is 13.1. The summed E-state index contributed by atoms with van der Waals surface area (Å²) < 4.78 is 4.96. The molecular weight excluding hydrogens is 330 g/mol. The van der Waals surface area contributed by atoms with Crippen molar-refractivity contribution in [2.24, 2.45) is 0 Å². The number of para-hydroxylation sites is 1. The summed E-state index contributed by atoms with van der Waals surface area (Å²) in [5.41, 5.74) is 3.00. The molecule has 0 aliphatic carbocycles. The Balaban J connectivity index is 1.80. The molecule has 6 heteroatoms. The highest BCUT2D eigenvalue weighted by Crippen LogP contribution is 2.20. The van der Waals surface area contributed by atoms with Gasteiger partial charge in [-0.05, 0) is 43.7 Å². The Hall–Kier alpha value is -3.15. The Kier molecular flexibility index (Phi) is 5.63. The largest absolute Gasteiger partial charge is 0.466 e. The van der Waals surface area contributed by atoms with E-state index in [2.05, 4.69) is 9.97 Å². The fraction of sp³-hybridized carbons (Fsp3) is 0.250. The lowest BCUT2D eigenvalue weighted by Gasteiger charge is -2.23. The van der Waals surface area contributed by atoms with Crippen LogP contribution in [0.25, 0.3) is 11.0 Å². The minimum Gasteiger partial charge on any atom is -0.466 e. The predicted molar refractivity (Wildman–Crippen MR) is 100 cm³/mol. The number of ether oxygens (including phenoxy) is 1. The van der Waals surface area contributed by atoms with E-state index in [1.807, 2.05) is 36.4 Å². The van der Waals surface area contributed by atoms with Gasteiger partial charge in [0.2, 0.25) is 0 Å². The van der Waals surface area contributed by atoms with Crippen LogP contribution in [0.3, 0.4) is 0 Å². The molecule has 0 saturated carbocycles. The van der Waals surface area contributed by atoms with Crippen molar-refractivity contribution in [2.45, 2.75) is 19.8 Å². The highest BCUT2D eigenvalue weighted by Gasteiger charge is 2.18. The number of H-pyrrole nitrogens is 1. The van der Waals surface area contributed by atoms with Gasteiger partial charge in [0.1, 0.15) is 0 Å². The van der Waals surface area contributed by atoms with E-state index in [-0.39, 0.29) is 18.3 Å². The molecule has 26 heavy (non-hydrogen) atoms. The second-order valence-corrected chi connectivity index (χ2v) is 5.84. The Morgan fingerprint density at radius 3 is 2.73 bits per heavy atom. The first-order valence-electron chi connectivity index (χ1n) is 8.64. The molecule has 1 heterocycles. The van der Waals surface area contributed by atoms with E-state index in [1.54, 1.807) is 30.3 Å². The monoisotopic (exact) mass is 351 g/mol. The van der Waals surface area contributed by atoms with Crippen LogP contribution in [0.2, 0.25) is 0 Å². The van der Waals surface area contributed by atoms with E-state index < -0.39 is 0 Å². The zero-order chi connectivity index (χ0) is 18.4. The predicted octanol–water partition coefficient (Wildman–Crippen LogP) is 3.55. The lowest BCUT2D eigenvalue weighted by atomic mass is 10.1. The molecule has 1 amide bonds. The van der Waals surface area contributed by atoms with Gasteiger partial charge in [-0.2, -0.15) is 0 Å². The van der Waals surface area contributed by atoms with Crippen LogP contribution in [0, 0.1) is 0 Å². The van der Waals surface area contributed by atoms with Crippen LogP contribution in [0.1, 0.15) is 30.1 Å². The molecule has 1 N–H and O–H groups in total. The van der Waals surface area contributed by atoms with Crippen LogP contribution in [0.4, 0.5) is 5.69 Å². The fourth-order valence-corrected chi connectivity index (χ4v) is 2.79. The molecular formula is C20H21N3O3. The van der Waals surface area contributed by atoms with E-state index >= 15 is 0 Å². The number of carbonyl (C=O) groups excluding carboxylic acids is 2. The third kappa shape index (κ3) is 4.08. The summed E-state index contributed by atoms with van der Waals surface area (Å²) in [5.74, 6) is -0.358. The number of anilines is 1. The summed E-state index contributed by atoms with van der Waals surface area (Å²) in [6, 6.07) is 14.8. The molecule has 6 nitrogen and oxygen atoms in total. The Bertz CT molecular complexity index is 889. The van der Waals surface area contributed by atoms with Gasteiger partial charge in [-0.15, -0.1) is 0 Å². The molecule has 134 valence electrons. The quantitative estimate of drug-likeness (QED) is 0.661. The molecule has 0 aliphatic rings. The first-order chi connectivity index (χ1) is 12.7. The molecule has 0 spiro atoms. The maximum atomic E-state index is 13.1. The van der Waals surface area contributed by atoms with Gasteiger partial charge in [-0.25, -0.2) is 4.98 Å². The van der Waals surface area contributed by atoms with Crippen molar-refractivity contribution in [1.29, 1.82) is 0 Å². The molecule has 0 unspecified atom stereocenters. The average molecular weight is 351 g/mol. The lowest BCUT2D eigenvalue weighted by Crippen LogP contribution is -2.32. The molecule has 2 aromatic carbocycles. The van der Waals surface area contributed by atoms with Crippen molar-refractivity contribution in [2.75, 3.05) is 18.1 Å². The van der Waals surface area contributed by atoms with E-state index in [0.29, 0.717) is 25.1 Å². The van der Waals surface area contributed by atoms with Gasteiger partial charge < -0.3 is 14.6 Å². The van der Waals surface area contributed by atoms with E-state index in [9.17, 15) is 9.59 Å². The van der Waals surface area contributed by atoms with Crippen molar-refractivity contribution in [3.05, 3.63) is 60.4 Å². The van der Waals surface area contributed by atoms with Gasteiger partial charge in [-0.3, -0.25) is 9.59 Å². The minimum atomic E-state index is -0.244. The SMILES string of the molecule is CCOC(=O)CCCN(C(=O)c1ccc2nc[nH]c2c1)c1ccccc1. The van der Waals surface area contributed by atoms with Gasteiger partial charge in [0.05, 0.1) is 24.0 Å². The molecule has 0 radical (unpaired) electrons. The Morgan fingerprint density at radius 2 is 1.96 bits per heavy atom. The summed E-state index contributed by atoms with van der Waals surface area (Å²) in [6.45, 7) is 2.58. The number of amides is 1. The highest BCUT2D eigenvalue weighted by atomic mass is 16.5. The summed E-state index contributed by atoms with van der Waals surface area (Å²) in [4.78, 5) is 33.6. The molecule has 0 bridgehead atoms. The third-order valence-corrected chi connectivity index (χ3v) is 4.05. The molecule has 0 atom stereocenters. The first-order valence-corrected chi connectivity index (χ1v) is 8.64. The summed E-state index contributed by atoms with van der Waals surface area (Å²) in [5, 5.41) is 0. The molecule has 1 aromatic heterocycles. The van der Waals surface area contributed by atoms with Gasteiger partial charge in [0.15, 0.2) is 0 Å². The van der Waals surface area contributed by atoms with Crippen LogP contribution in [0.15, 0.2) is 54.9 Å². The number of nitrogens with one attached hydrogen (secondary N) is 1. The van der Waals surface area contributed by atoms with Crippen molar-refractivity contribution in [3.8, 4) is 0 Å². The van der Waals surface area contributed by atoms with Crippen LogP contribution >= 0.6 is 0 Å². The zero-order valence-electron chi connectivity index (χ0n) is 14.6. The lowest BCUT2D eigenvalue weighted by molar-refractivity contribution is -0.143. The van der Waals surface area contributed by atoms with Crippen LogP contribution in [0.5, 0.6) is 0 Å². The third-order valence-electron chi connectivity index (χ3n) is 4.05. The van der Waals surface area contributed by atoms with Crippen molar-refractivity contribution >= 4 is 28.6 Å². The van der Waals surface area contributed by atoms with Gasteiger partial charge >= 0.3 is 5.97 Å². The molecule has 0 saturated heterocycles. The molecule has 3 rings (SSSR count). The highest BCUT2D eigenvalue weighted by molar-refractivity contribution is 6.07. The standard InChI is InChI=1S/C20H21N3O3/c1-2-26-19(24)9-6-12-23(16-7-4-3-5-8-16)20(25)15-10-11-17-18(13-15)22-14-21-17/h3-5,7-8,10-11,13-14H,2,6,9,12H2,1H3,(H,21,22). The number of esters is 1. The second-order valence-electron chi connectivity index (χ2n) is 5.84. The van der Waals surface area contributed by atoms with Crippen molar-refractivity contribution in [3.63, 3.8) is 0 Å². The summed E-state index contributed by atoms with van der Waals surface area (Å²) in [6.07, 6.45) is 2.42. The number of benzene rings is 2. The Morgan fingerprint density at radius 1 is 1.15 bits per heavy atom. The molecule has 3 aromatic rings. The first kappa shape index (κ1) is 17.7. The fourth-order valence-electron chi connectivity index (χ4n) is 2.79.